The van der Waals surface area contributed by atoms with Gasteiger partial charge in [-0.15, -0.1) is 0 Å². The van der Waals surface area contributed by atoms with E-state index in [4.69, 9.17) is 5.11 Å². The van der Waals surface area contributed by atoms with Crippen LogP contribution in [0.5, 0.6) is 0 Å². The summed E-state index contributed by atoms with van der Waals surface area (Å²) >= 11 is 0. The molecule has 0 saturated heterocycles. The fourth-order valence-electron chi connectivity index (χ4n) is 1.84. The summed E-state index contributed by atoms with van der Waals surface area (Å²) in [6.07, 6.45) is -4.60. The van der Waals surface area contributed by atoms with Gasteiger partial charge >= 0.3 is 12.1 Å². The number of benzene rings is 2. The van der Waals surface area contributed by atoms with Crippen LogP contribution in [0.3, 0.4) is 0 Å². The summed E-state index contributed by atoms with van der Waals surface area (Å²) in [5.41, 5.74) is -0.226. The highest BCUT2D eigenvalue weighted by Crippen LogP contribution is 2.32. The lowest BCUT2D eigenvalue weighted by Gasteiger charge is -2.09. The summed E-state index contributed by atoms with van der Waals surface area (Å²) in [7, 11) is 0. The van der Waals surface area contributed by atoms with Gasteiger partial charge in [-0.05, 0) is 28.5 Å². The van der Waals surface area contributed by atoms with Crippen LogP contribution in [0.1, 0.15) is 11.1 Å². The lowest BCUT2D eigenvalue weighted by molar-refractivity contribution is -0.138. The molecule has 0 bridgehead atoms. The minimum absolute atomic E-state index is 0.206. The van der Waals surface area contributed by atoms with Gasteiger partial charge in [-0.2, -0.15) is 13.2 Å². The third-order valence-corrected chi connectivity index (χ3v) is 2.64. The number of carboxylic acid groups (broad SMARTS) is 1. The summed E-state index contributed by atoms with van der Waals surface area (Å²) < 4.78 is 37.6. The first-order valence-corrected chi connectivity index (χ1v) is 5.18. The Hall–Kier alpha value is -2.04. The third-order valence-electron chi connectivity index (χ3n) is 2.64. The van der Waals surface area contributed by atoms with E-state index in [0.717, 1.165) is 12.1 Å². The van der Waals surface area contributed by atoms with Crippen LogP contribution < -0.4 is 0 Å². The van der Waals surface area contributed by atoms with E-state index >= 15 is 0 Å². The lowest BCUT2D eigenvalue weighted by atomic mass is 10.00. The van der Waals surface area contributed by atoms with Crippen molar-refractivity contribution >= 4 is 16.7 Å². The number of carbonyl (C=O) groups is 1. The molecule has 0 aliphatic heterocycles. The Morgan fingerprint density at radius 1 is 1.17 bits per heavy atom. The number of halogens is 3. The number of carboxylic acids is 1. The van der Waals surface area contributed by atoms with Crippen molar-refractivity contribution in [2.45, 2.75) is 12.6 Å². The number of aliphatic carboxylic acids is 1. The molecule has 5 heteroatoms. The molecule has 0 heterocycles. The first kappa shape index (κ1) is 12.4. The number of hydrogen-bond acceptors (Lipinski definition) is 1. The van der Waals surface area contributed by atoms with E-state index in [2.05, 4.69) is 0 Å². The van der Waals surface area contributed by atoms with Crippen molar-refractivity contribution in [1.82, 2.24) is 0 Å². The predicted octanol–water partition coefficient (Wildman–Crippen LogP) is 3.49. The van der Waals surface area contributed by atoms with Gasteiger partial charge in [-0.1, -0.05) is 24.3 Å². The molecule has 2 aromatic rings. The predicted molar refractivity (Wildman–Crippen MR) is 60.3 cm³/mol. The second kappa shape index (κ2) is 4.33. The number of rotatable bonds is 2. The van der Waals surface area contributed by atoms with E-state index in [1.165, 1.54) is 12.1 Å². The molecule has 0 aliphatic rings. The minimum atomic E-state index is -4.39. The Kier molecular flexibility index (Phi) is 2.98. The molecule has 0 radical (unpaired) electrons. The Labute approximate surface area is 101 Å². The van der Waals surface area contributed by atoms with Crippen LogP contribution in [0.4, 0.5) is 13.2 Å². The maximum Gasteiger partial charge on any atom is 0.416 e. The van der Waals surface area contributed by atoms with E-state index in [9.17, 15) is 18.0 Å². The highest BCUT2D eigenvalue weighted by atomic mass is 19.4. The molecule has 0 fully saturated rings. The molecule has 2 rings (SSSR count). The van der Waals surface area contributed by atoms with Crippen molar-refractivity contribution in [3.05, 3.63) is 47.5 Å². The first-order chi connectivity index (χ1) is 8.38. The van der Waals surface area contributed by atoms with Crippen molar-refractivity contribution in [2.24, 2.45) is 0 Å². The Balaban J connectivity index is 2.57. The molecule has 0 saturated carbocycles. The van der Waals surface area contributed by atoms with Crippen LogP contribution in [0.15, 0.2) is 36.4 Å². The quantitative estimate of drug-likeness (QED) is 0.890. The summed E-state index contributed by atoms with van der Waals surface area (Å²) in [6.45, 7) is 0. The smallest absolute Gasteiger partial charge is 0.416 e. The van der Waals surface area contributed by atoms with Gasteiger partial charge in [0, 0.05) is 0 Å². The molecule has 1 N–H and O–H groups in total. The van der Waals surface area contributed by atoms with E-state index in [-0.39, 0.29) is 6.42 Å². The topological polar surface area (TPSA) is 37.3 Å². The van der Waals surface area contributed by atoms with Crippen LogP contribution in [0.2, 0.25) is 0 Å². The van der Waals surface area contributed by atoms with Gasteiger partial charge in [0.05, 0.1) is 12.0 Å². The molecule has 0 unspecified atom stereocenters. The summed E-state index contributed by atoms with van der Waals surface area (Å²) in [6, 6.07) is 8.01. The third kappa shape index (κ3) is 2.45. The second-order valence-corrected chi connectivity index (χ2v) is 3.92. The molecule has 18 heavy (non-hydrogen) atoms. The van der Waals surface area contributed by atoms with E-state index < -0.39 is 17.7 Å². The van der Waals surface area contributed by atoms with Crippen molar-refractivity contribution in [3.8, 4) is 0 Å². The largest absolute Gasteiger partial charge is 0.481 e. The standard InChI is InChI=1S/C13H9F3O2/c14-13(15,16)10-4-5-11-8(6-10)2-1-3-9(11)7-12(17)18/h1-6H,7H2,(H,17,18). The fraction of sp³-hybridized carbons (Fsp3) is 0.154. The van der Waals surface area contributed by atoms with Gasteiger partial charge in [-0.3, -0.25) is 4.79 Å². The molecule has 0 aliphatic carbocycles. The van der Waals surface area contributed by atoms with Crippen molar-refractivity contribution in [3.63, 3.8) is 0 Å². The zero-order chi connectivity index (χ0) is 13.3. The van der Waals surface area contributed by atoms with Crippen LogP contribution >= 0.6 is 0 Å². The maximum atomic E-state index is 12.5. The van der Waals surface area contributed by atoms with E-state index in [0.29, 0.717) is 16.3 Å². The zero-order valence-corrected chi connectivity index (χ0v) is 9.16. The molecule has 0 aromatic heterocycles. The highest BCUT2D eigenvalue weighted by molar-refractivity contribution is 5.89. The number of fused-ring (bicyclic) bond motifs is 1. The Bertz CT molecular complexity index is 603. The summed E-state index contributed by atoms with van der Waals surface area (Å²) in [4.78, 5) is 10.7. The monoisotopic (exact) mass is 254 g/mol. The van der Waals surface area contributed by atoms with Gasteiger partial charge in [0.2, 0.25) is 0 Å². The average molecular weight is 254 g/mol. The van der Waals surface area contributed by atoms with Gasteiger partial charge in [0.25, 0.3) is 0 Å². The molecule has 0 amide bonds. The van der Waals surface area contributed by atoms with Crippen LogP contribution in [-0.4, -0.2) is 11.1 Å². The first-order valence-electron chi connectivity index (χ1n) is 5.18. The Morgan fingerprint density at radius 2 is 1.89 bits per heavy atom. The Morgan fingerprint density at radius 3 is 2.50 bits per heavy atom. The molecule has 0 spiro atoms. The van der Waals surface area contributed by atoms with Crippen LogP contribution in [0, 0.1) is 0 Å². The molecular weight excluding hydrogens is 245 g/mol. The normalized spacial score (nSPS) is 11.7. The van der Waals surface area contributed by atoms with E-state index in [1.807, 2.05) is 0 Å². The SMILES string of the molecule is O=C(O)Cc1cccc2cc(C(F)(F)F)ccc12. The van der Waals surface area contributed by atoms with Crippen molar-refractivity contribution < 1.29 is 23.1 Å². The number of alkyl halides is 3. The second-order valence-electron chi connectivity index (χ2n) is 3.92. The maximum absolute atomic E-state index is 12.5. The molecule has 2 nitrogen and oxygen atoms in total. The molecular formula is C13H9F3O2. The zero-order valence-electron chi connectivity index (χ0n) is 9.16. The molecule has 94 valence electrons. The lowest BCUT2D eigenvalue weighted by Crippen LogP contribution is -2.05. The summed E-state index contributed by atoms with van der Waals surface area (Å²) in [5, 5.41) is 9.66. The van der Waals surface area contributed by atoms with Crippen LogP contribution in [0.25, 0.3) is 10.8 Å². The summed E-state index contributed by atoms with van der Waals surface area (Å²) in [5.74, 6) is -1.01. The van der Waals surface area contributed by atoms with Gasteiger partial charge < -0.3 is 5.11 Å². The number of hydrogen-bond donors (Lipinski definition) is 1. The minimum Gasteiger partial charge on any atom is -0.481 e. The van der Waals surface area contributed by atoms with Gasteiger partial charge in [0.1, 0.15) is 0 Å². The molecule has 2 aromatic carbocycles. The van der Waals surface area contributed by atoms with Gasteiger partial charge in [0.15, 0.2) is 0 Å². The highest BCUT2D eigenvalue weighted by Gasteiger charge is 2.30. The fourth-order valence-corrected chi connectivity index (χ4v) is 1.84. The van der Waals surface area contributed by atoms with E-state index in [1.54, 1.807) is 12.1 Å². The molecule has 0 atom stereocenters. The average Bonchev–Trinajstić information content (AvgIpc) is 2.27. The van der Waals surface area contributed by atoms with Crippen molar-refractivity contribution in [2.75, 3.05) is 0 Å². The van der Waals surface area contributed by atoms with Crippen molar-refractivity contribution in [1.29, 1.82) is 0 Å². The van der Waals surface area contributed by atoms with Gasteiger partial charge in [-0.25, -0.2) is 0 Å². The van der Waals surface area contributed by atoms with Crippen LogP contribution in [-0.2, 0) is 17.4 Å².